The van der Waals surface area contributed by atoms with Crippen LogP contribution in [0.4, 0.5) is 0 Å². The molecular weight excluding hydrogens is 196 g/mol. The zero-order chi connectivity index (χ0) is 9.90. The molecule has 0 aliphatic heterocycles. The molecule has 0 saturated carbocycles. The molecule has 0 aromatic heterocycles. The third-order valence-electron chi connectivity index (χ3n) is 1.77. The third kappa shape index (κ3) is 3.97. The van der Waals surface area contributed by atoms with E-state index in [4.69, 9.17) is 11.1 Å². The SMILES string of the molecule is CC(C)(C)C[Si](Cl)c1ccccc1. The molecule has 0 saturated heterocycles. The highest BCUT2D eigenvalue weighted by Gasteiger charge is 2.20. The van der Waals surface area contributed by atoms with Gasteiger partial charge in [0.25, 0.3) is 0 Å². The Morgan fingerprint density at radius 3 is 2.15 bits per heavy atom. The predicted octanol–water partition coefficient (Wildman–Crippen LogP) is 3.17. The van der Waals surface area contributed by atoms with E-state index in [1.807, 2.05) is 6.07 Å². The minimum Gasteiger partial charge on any atom is -0.163 e. The molecule has 1 rings (SSSR count). The molecule has 0 unspecified atom stereocenters. The molecule has 0 aliphatic carbocycles. The van der Waals surface area contributed by atoms with Crippen molar-refractivity contribution >= 4 is 24.4 Å². The van der Waals surface area contributed by atoms with Crippen LogP contribution >= 0.6 is 11.1 Å². The van der Waals surface area contributed by atoms with Crippen LogP contribution in [0.1, 0.15) is 20.8 Å². The molecule has 0 nitrogen and oxygen atoms in total. The summed E-state index contributed by atoms with van der Waals surface area (Å²) in [7, 11) is -0.852. The molecule has 1 aromatic rings. The summed E-state index contributed by atoms with van der Waals surface area (Å²) in [6.45, 7) is 6.72. The van der Waals surface area contributed by atoms with E-state index in [1.165, 1.54) is 5.19 Å². The Hall–Kier alpha value is -0.273. The third-order valence-corrected chi connectivity index (χ3v) is 5.16. The maximum atomic E-state index is 6.39. The topological polar surface area (TPSA) is 0 Å². The van der Waals surface area contributed by atoms with Gasteiger partial charge in [0, 0.05) is 0 Å². The van der Waals surface area contributed by atoms with Crippen LogP contribution in [0.15, 0.2) is 30.3 Å². The van der Waals surface area contributed by atoms with E-state index in [0.29, 0.717) is 5.41 Å². The molecule has 0 heterocycles. The molecule has 0 N–H and O–H groups in total. The Labute approximate surface area is 87.2 Å². The van der Waals surface area contributed by atoms with Gasteiger partial charge in [-0.2, -0.15) is 11.1 Å². The summed E-state index contributed by atoms with van der Waals surface area (Å²) in [6, 6.07) is 11.5. The quantitative estimate of drug-likeness (QED) is 0.521. The molecular formula is C11H16ClSi. The Morgan fingerprint density at radius 1 is 1.15 bits per heavy atom. The summed E-state index contributed by atoms with van der Waals surface area (Å²) in [5.41, 5.74) is 0.339. The van der Waals surface area contributed by atoms with Crippen LogP contribution in [0.5, 0.6) is 0 Å². The van der Waals surface area contributed by atoms with Crippen molar-refractivity contribution in [3.05, 3.63) is 30.3 Å². The molecule has 13 heavy (non-hydrogen) atoms. The standard InChI is InChI=1S/C11H16ClSi/c1-11(2,3)9-13(12)10-7-5-4-6-8-10/h4-8H,9H2,1-3H3. The zero-order valence-electron chi connectivity index (χ0n) is 8.47. The fourth-order valence-electron chi connectivity index (χ4n) is 1.19. The van der Waals surface area contributed by atoms with E-state index in [9.17, 15) is 0 Å². The van der Waals surface area contributed by atoms with Crippen molar-refractivity contribution in [1.29, 1.82) is 0 Å². The second-order valence-corrected chi connectivity index (χ2v) is 7.62. The largest absolute Gasteiger partial charge is 0.200 e. The van der Waals surface area contributed by atoms with Crippen LogP contribution in [0, 0.1) is 5.41 Å². The lowest BCUT2D eigenvalue weighted by Crippen LogP contribution is -2.28. The summed E-state index contributed by atoms with van der Waals surface area (Å²) in [5.74, 6) is 0. The molecule has 0 spiro atoms. The van der Waals surface area contributed by atoms with Gasteiger partial charge in [-0.15, -0.1) is 0 Å². The smallest absolute Gasteiger partial charge is 0.163 e. The Balaban J connectivity index is 2.64. The maximum Gasteiger partial charge on any atom is 0.200 e. The highest BCUT2D eigenvalue weighted by Crippen LogP contribution is 2.22. The first-order valence-electron chi connectivity index (χ1n) is 4.56. The highest BCUT2D eigenvalue weighted by atomic mass is 35.6. The summed E-state index contributed by atoms with van der Waals surface area (Å²) >= 11 is 6.39. The van der Waals surface area contributed by atoms with Gasteiger partial charge in [0.1, 0.15) is 0 Å². The van der Waals surface area contributed by atoms with E-state index < -0.39 is 8.11 Å². The summed E-state index contributed by atoms with van der Waals surface area (Å²) in [4.78, 5) is 0. The molecule has 0 aliphatic rings. The average molecular weight is 212 g/mol. The van der Waals surface area contributed by atoms with Gasteiger partial charge < -0.3 is 0 Å². The van der Waals surface area contributed by atoms with Crippen molar-refractivity contribution in [2.45, 2.75) is 26.8 Å². The van der Waals surface area contributed by atoms with Crippen LogP contribution in [-0.2, 0) is 0 Å². The van der Waals surface area contributed by atoms with E-state index in [2.05, 4.69) is 45.0 Å². The lowest BCUT2D eigenvalue weighted by Gasteiger charge is -2.20. The van der Waals surface area contributed by atoms with E-state index >= 15 is 0 Å². The van der Waals surface area contributed by atoms with Gasteiger partial charge in [-0.1, -0.05) is 51.1 Å². The van der Waals surface area contributed by atoms with Crippen molar-refractivity contribution < 1.29 is 0 Å². The molecule has 1 radical (unpaired) electrons. The lowest BCUT2D eigenvalue weighted by atomic mass is 10.0. The maximum absolute atomic E-state index is 6.39. The monoisotopic (exact) mass is 211 g/mol. The second-order valence-electron chi connectivity index (χ2n) is 4.51. The molecule has 2 heteroatoms. The van der Waals surface area contributed by atoms with Gasteiger partial charge in [-0.05, 0) is 16.6 Å². The molecule has 1 aromatic carbocycles. The second kappa shape index (κ2) is 4.29. The minimum absolute atomic E-state index is 0.339. The number of hydrogen-bond donors (Lipinski definition) is 0. The summed E-state index contributed by atoms with van der Waals surface area (Å²) in [5, 5.41) is 1.32. The molecule has 0 atom stereocenters. The fraction of sp³-hybridized carbons (Fsp3) is 0.455. The van der Waals surface area contributed by atoms with E-state index in [0.717, 1.165) is 6.04 Å². The van der Waals surface area contributed by atoms with Crippen LogP contribution in [0.2, 0.25) is 6.04 Å². The Bertz CT molecular complexity index is 251. The average Bonchev–Trinajstić information content (AvgIpc) is 2.03. The van der Waals surface area contributed by atoms with Gasteiger partial charge in [0.2, 0.25) is 0 Å². The number of benzene rings is 1. The van der Waals surface area contributed by atoms with Crippen LogP contribution in [0.3, 0.4) is 0 Å². The van der Waals surface area contributed by atoms with E-state index in [1.54, 1.807) is 0 Å². The molecule has 0 bridgehead atoms. The number of halogens is 1. The van der Waals surface area contributed by atoms with Crippen LogP contribution in [-0.4, -0.2) is 8.11 Å². The lowest BCUT2D eigenvalue weighted by molar-refractivity contribution is 0.467. The van der Waals surface area contributed by atoms with Crippen molar-refractivity contribution in [1.82, 2.24) is 0 Å². The van der Waals surface area contributed by atoms with Gasteiger partial charge in [-0.25, -0.2) is 0 Å². The Kier molecular flexibility index (Phi) is 3.57. The molecule has 0 amide bonds. The van der Waals surface area contributed by atoms with Crippen molar-refractivity contribution in [3.8, 4) is 0 Å². The first-order chi connectivity index (χ1) is 5.99. The normalized spacial score (nSPS) is 12.1. The molecule has 71 valence electrons. The van der Waals surface area contributed by atoms with Crippen LogP contribution in [0.25, 0.3) is 0 Å². The number of rotatable bonds is 2. The highest BCUT2D eigenvalue weighted by molar-refractivity contribution is 7.14. The summed E-state index contributed by atoms with van der Waals surface area (Å²) < 4.78 is 0. The van der Waals surface area contributed by atoms with Gasteiger partial charge >= 0.3 is 0 Å². The fourth-order valence-corrected chi connectivity index (χ4v) is 4.46. The zero-order valence-corrected chi connectivity index (χ0v) is 10.2. The Morgan fingerprint density at radius 2 is 1.69 bits per heavy atom. The first kappa shape index (κ1) is 10.8. The minimum atomic E-state index is -0.852. The van der Waals surface area contributed by atoms with Crippen molar-refractivity contribution in [2.75, 3.05) is 0 Å². The number of hydrogen-bond acceptors (Lipinski definition) is 0. The first-order valence-corrected chi connectivity index (χ1v) is 7.28. The molecule has 0 fully saturated rings. The van der Waals surface area contributed by atoms with Crippen molar-refractivity contribution in [3.63, 3.8) is 0 Å². The van der Waals surface area contributed by atoms with Gasteiger partial charge in [0.15, 0.2) is 8.11 Å². The van der Waals surface area contributed by atoms with Gasteiger partial charge in [-0.3, -0.25) is 0 Å². The van der Waals surface area contributed by atoms with E-state index in [-0.39, 0.29) is 0 Å². The predicted molar refractivity (Wildman–Crippen MR) is 61.9 cm³/mol. The summed E-state index contributed by atoms with van der Waals surface area (Å²) in [6.07, 6.45) is 0. The van der Waals surface area contributed by atoms with Crippen LogP contribution < -0.4 is 5.19 Å². The van der Waals surface area contributed by atoms with Crippen molar-refractivity contribution in [2.24, 2.45) is 5.41 Å². The van der Waals surface area contributed by atoms with Gasteiger partial charge in [0.05, 0.1) is 0 Å².